The van der Waals surface area contributed by atoms with Crippen LogP contribution in [-0.4, -0.2) is 25.1 Å². The van der Waals surface area contributed by atoms with E-state index in [1.165, 1.54) is 6.08 Å². The van der Waals surface area contributed by atoms with Gasteiger partial charge in [0.2, 0.25) is 11.8 Å². The maximum atomic E-state index is 12.3. The molecule has 0 atom stereocenters. The van der Waals surface area contributed by atoms with Crippen molar-refractivity contribution >= 4 is 40.4 Å². The maximum Gasteiger partial charge on any atom is 0.248 e. The Labute approximate surface area is 184 Å². The van der Waals surface area contributed by atoms with E-state index < -0.39 is 0 Å². The van der Waals surface area contributed by atoms with E-state index in [9.17, 15) is 4.79 Å². The van der Waals surface area contributed by atoms with Crippen molar-refractivity contribution in [1.82, 2.24) is 4.98 Å². The number of aromatic nitrogens is 1. The van der Waals surface area contributed by atoms with Crippen LogP contribution in [0, 0.1) is 0 Å². The van der Waals surface area contributed by atoms with Gasteiger partial charge in [0.25, 0.3) is 0 Å². The highest BCUT2D eigenvalue weighted by Crippen LogP contribution is 2.33. The summed E-state index contributed by atoms with van der Waals surface area (Å²) in [4.78, 5) is 16.8. The van der Waals surface area contributed by atoms with Gasteiger partial charge in [-0.05, 0) is 60.2 Å². The van der Waals surface area contributed by atoms with Crippen LogP contribution in [0.3, 0.4) is 0 Å². The van der Waals surface area contributed by atoms with E-state index in [-0.39, 0.29) is 5.91 Å². The number of methoxy groups -OCH3 is 2. The summed E-state index contributed by atoms with van der Waals surface area (Å²) in [6, 6.07) is 17.9. The Bertz CT molecular complexity index is 1260. The highest BCUT2D eigenvalue weighted by atomic mass is 35.5. The van der Waals surface area contributed by atoms with Crippen LogP contribution >= 0.6 is 11.6 Å². The summed E-state index contributed by atoms with van der Waals surface area (Å²) in [5, 5.41) is 3.48. The number of oxazole rings is 1. The first-order chi connectivity index (χ1) is 15.1. The molecular weight excluding hydrogens is 416 g/mol. The predicted molar refractivity (Wildman–Crippen MR) is 122 cm³/mol. The molecule has 0 fully saturated rings. The number of benzene rings is 3. The van der Waals surface area contributed by atoms with Gasteiger partial charge < -0.3 is 19.2 Å². The van der Waals surface area contributed by atoms with E-state index in [4.69, 9.17) is 25.5 Å². The van der Waals surface area contributed by atoms with E-state index in [2.05, 4.69) is 10.3 Å². The van der Waals surface area contributed by atoms with E-state index in [0.29, 0.717) is 39.2 Å². The van der Waals surface area contributed by atoms with Crippen molar-refractivity contribution in [3.05, 3.63) is 77.3 Å². The van der Waals surface area contributed by atoms with Gasteiger partial charge in [-0.2, -0.15) is 0 Å². The zero-order valence-electron chi connectivity index (χ0n) is 16.9. The smallest absolute Gasteiger partial charge is 0.248 e. The normalized spacial score (nSPS) is 11.1. The second kappa shape index (κ2) is 8.93. The van der Waals surface area contributed by atoms with E-state index in [1.807, 2.05) is 18.2 Å². The molecule has 1 amide bonds. The monoisotopic (exact) mass is 434 g/mol. The fraction of sp³-hybridized carbons (Fsp3) is 0.0833. The molecule has 0 aliphatic carbocycles. The average molecular weight is 435 g/mol. The molecule has 0 aliphatic rings. The Balaban J connectivity index is 1.52. The lowest BCUT2D eigenvalue weighted by molar-refractivity contribution is -0.111. The summed E-state index contributed by atoms with van der Waals surface area (Å²) in [5.74, 6) is 1.40. The first-order valence-electron chi connectivity index (χ1n) is 9.43. The molecule has 31 heavy (non-hydrogen) atoms. The largest absolute Gasteiger partial charge is 0.493 e. The molecule has 0 spiro atoms. The summed E-state index contributed by atoms with van der Waals surface area (Å²) in [5.41, 5.74) is 3.49. The third kappa shape index (κ3) is 4.70. The molecule has 0 bridgehead atoms. The molecule has 1 aromatic heterocycles. The van der Waals surface area contributed by atoms with Crippen LogP contribution in [0.4, 0.5) is 5.69 Å². The lowest BCUT2D eigenvalue weighted by atomic mass is 10.2. The summed E-state index contributed by atoms with van der Waals surface area (Å²) in [7, 11) is 3.15. The lowest BCUT2D eigenvalue weighted by Gasteiger charge is -2.07. The molecule has 3 aromatic carbocycles. The molecule has 0 unspecified atom stereocenters. The van der Waals surface area contributed by atoms with Crippen molar-refractivity contribution in [1.29, 1.82) is 0 Å². The summed E-state index contributed by atoms with van der Waals surface area (Å²) in [6.45, 7) is 0. The molecule has 0 radical (unpaired) electrons. The molecule has 0 aliphatic heterocycles. The minimum Gasteiger partial charge on any atom is -0.493 e. The number of ether oxygens (including phenoxy) is 2. The standard InChI is InChI=1S/C24H19ClN2O4/c1-29-21-10-6-16(13-22(21)30-2)24-27-19-14-18(9-11-20(19)31-24)26-23(28)12-5-15-3-7-17(25)8-4-15/h3-14H,1-2H3,(H,26,28)/b12-5+. The number of amides is 1. The zero-order valence-corrected chi connectivity index (χ0v) is 17.6. The first-order valence-corrected chi connectivity index (χ1v) is 9.81. The fourth-order valence-corrected chi connectivity index (χ4v) is 3.15. The Kier molecular flexibility index (Phi) is 5.91. The van der Waals surface area contributed by atoms with Crippen LogP contribution in [0.2, 0.25) is 5.02 Å². The van der Waals surface area contributed by atoms with Gasteiger partial charge in [-0.1, -0.05) is 23.7 Å². The molecule has 4 rings (SSSR count). The number of nitrogens with one attached hydrogen (secondary N) is 1. The minimum absolute atomic E-state index is 0.252. The summed E-state index contributed by atoms with van der Waals surface area (Å²) < 4.78 is 16.5. The summed E-state index contributed by atoms with van der Waals surface area (Å²) in [6.07, 6.45) is 3.18. The van der Waals surface area contributed by atoms with Crippen molar-refractivity contribution in [2.45, 2.75) is 0 Å². The zero-order chi connectivity index (χ0) is 21.8. The third-order valence-corrected chi connectivity index (χ3v) is 4.83. The topological polar surface area (TPSA) is 73.6 Å². The Morgan fingerprint density at radius 1 is 1.00 bits per heavy atom. The summed E-state index contributed by atoms with van der Waals surface area (Å²) >= 11 is 5.87. The molecular formula is C24H19ClN2O4. The molecule has 0 saturated carbocycles. The van der Waals surface area contributed by atoms with Crippen LogP contribution in [0.1, 0.15) is 5.56 Å². The Morgan fingerprint density at radius 3 is 2.52 bits per heavy atom. The van der Waals surface area contributed by atoms with Crippen LogP contribution in [-0.2, 0) is 4.79 Å². The second-order valence-corrected chi connectivity index (χ2v) is 7.08. The Morgan fingerprint density at radius 2 is 1.77 bits per heavy atom. The van der Waals surface area contributed by atoms with E-state index >= 15 is 0 Å². The average Bonchev–Trinajstić information content (AvgIpc) is 3.21. The van der Waals surface area contributed by atoms with Crippen LogP contribution in [0.15, 0.2) is 71.2 Å². The fourth-order valence-electron chi connectivity index (χ4n) is 3.03. The van der Waals surface area contributed by atoms with Crippen molar-refractivity contribution in [2.24, 2.45) is 0 Å². The molecule has 4 aromatic rings. The highest BCUT2D eigenvalue weighted by Gasteiger charge is 2.12. The van der Waals surface area contributed by atoms with Gasteiger partial charge in [0.1, 0.15) is 5.52 Å². The number of rotatable bonds is 6. The number of halogens is 1. The molecule has 156 valence electrons. The number of nitrogens with zero attached hydrogens (tertiary/aromatic N) is 1. The molecule has 1 N–H and O–H groups in total. The number of carbonyl (C=O) groups is 1. The second-order valence-electron chi connectivity index (χ2n) is 6.65. The van der Waals surface area contributed by atoms with Gasteiger partial charge in [-0.25, -0.2) is 4.98 Å². The first kappa shape index (κ1) is 20.5. The van der Waals surface area contributed by atoms with Crippen LogP contribution < -0.4 is 14.8 Å². The van der Waals surface area contributed by atoms with Crippen LogP contribution in [0.5, 0.6) is 11.5 Å². The maximum absolute atomic E-state index is 12.3. The van der Waals surface area contributed by atoms with Crippen molar-refractivity contribution < 1.29 is 18.7 Å². The SMILES string of the molecule is COc1ccc(-c2nc3cc(NC(=O)/C=C/c4ccc(Cl)cc4)ccc3o2)cc1OC. The van der Waals surface area contributed by atoms with Crippen LogP contribution in [0.25, 0.3) is 28.6 Å². The van der Waals surface area contributed by atoms with Gasteiger partial charge >= 0.3 is 0 Å². The lowest BCUT2D eigenvalue weighted by Crippen LogP contribution is -2.07. The number of hydrogen-bond acceptors (Lipinski definition) is 5. The minimum atomic E-state index is -0.252. The van der Waals surface area contributed by atoms with Gasteiger partial charge in [0.05, 0.1) is 14.2 Å². The van der Waals surface area contributed by atoms with Gasteiger partial charge in [0, 0.05) is 22.3 Å². The van der Waals surface area contributed by atoms with Gasteiger partial charge in [0.15, 0.2) is 17.1 Å². The number of carbonyl (C=O) groups excluding carboxylic acids is 1. The molecule has 1 heterocycles. The molecule has 7 heteroatoms. The molecule has 0 saturated heterocycles. The van der Waals surface area contributed by atoms with E-state index in [0.717, 1.165) is 11.1 Å². The number of fused-ring (bicyclic) bond motifs is 1. The third-order valence-electron chi connectivity index (χ3n) is 4.58. The molecule has 6 nitrogen and oxygen atoms in total. The van der Waals surface area contributed by atoms with Crippen molar-refractivity contribution in [3.63, 3.8) is 0 Å². The Hall–Kier alpha value is -3.77. The number of anilines is 1. The van der Waals surface area contributed by atoms with Crippen molar-refractivity contribution in [3.8, 4) is 23.0 Å². The predicted octanol–water partition coefficient (Wildman–Crippen LogP) is 5.82. The number of hydrogen-bond donors (Lipinski definition) is 1. The quantitative estimate of drug-likeness (QED) is 0.387. The van der Waals surface area contributed by atoms with E-state index in [1.54, 1.807) is 62.8 Å². The van der Waals surface area contributed by atoms with Gasteiger partial charge in [-0.15, -0.1) is 0 Å². The highest BCUT2D eigenvalue weighted by molar-refractivity contribution is 6.30. The van der Waals surface area contributed by atoms with Gasteiger partial charge in [-0.3, -0.25) is 4.79 Å². The van der Waals surface area contributed by atoms with Crippen molar-refractivity contribution in [2.75, 3.05) is 19.5 Å².